The van der Waals surface area contributed by atoms with E-state index in [4.69, 9.17) is 14.2 Å². The lowest BCUT2D eigenvalue weighted by Gasteiger charge is -2.19. The van der Waals surface area contributed by atoms with Crippen molar-refractivity contribution in [3.8, 4) is 28.8 Å². The number of hydrogen-bond acceptors (Lipinski definition) is 7. The van der Waals surface area contributed by atoms with E-state index >= 15 is 4.39 Å². The Kier molecular flexibility index (Phi) is 6.96. The number of nitrogens with zero attached hydrogens (tertiary/aromatic N) is 4. The van der Waals surface area contributed by atoms with Crippen LogP contribution in [0.3, 0.4) is 0 Å². The minimum absolute atomic E-state index is 0.0661. The highest BCUT2D eigenvalue weighted by atomic mass is 19.1. The summed E-state index contributed by atoms with van der Waals surface area (Å²) in [6.07, 6.45) is 3.66. The van der Waals surface area contributed by atoms with Gasteiger partial charge in [-0.25, -0.2) is 19.0 Å². The molecule has 0 amide bonds. The summed E-state index contributed by atoms with van der Waals surface area (Å²) in [5, 5.41) is 0.511. The average Bonchev–Trinajstić information content (AvgIpc) is 3.30. The Bertz CT molecular complexity index is 1830. The van der Waals surface area contributed by atoms with Crippen molar-refractivity contribution < 1.29 is 23.4 Å². The third-order valence-corrected chi connectivity index (χ3v) is 7.23. The van der Waals surface area contributed by atoms with Gasteiger partial charge >= 0.3 is 0 Å². The van der Waals surface area contributed by atoms with Crippen LogP contribution in [0.1, 0.15) is 34.5 Å². The molecule has 0 unspecified atom stereocenters. The maximum atomic E-state index is 15.2. The van der Waals surface area contributed by atoms with Crippen molar-refractivity contribution in [2.24, 2.45) is 0 Å². The van der Waals surface area contributed by atoms with Gasteiger partial charge in [0.2, 0.25) is 5.88 Å². The van der Waals surface area contributed by atoms with Gasteiger partial charge in [-0.15, -0.1) is 0 Å². The Morgan fingerprint density at radius 3 is 2.49 bits per heavy atom. The summed E-state index contributed by atoms with van der Waals surface area (Å²) >= 11 is 0. The van der Waals surface area contributed by atoms with Gasteiger partial charge in [0, 0.05) is 19.0 Å². The molecule has 0 fully saturated rings. The number of halogens is 1. The molecule has 3 aromatic carbocycles. The third-order valence-electron chi connectivity index (χ3n) is 7.23. The van der Waals surface area contributed by atoms with Crippen LogP contribution in [0, 0.1) is 5.82 Å². The number of rotatable bonds is 8. The van der Waals surface area contributed by atoms with Gasteiger partial charge in [0.1, 0.15) is 11.9 Å². The number of fused-ring (bicyclic) bond motifs is 2. The standard InChI is InChI=1S/C31H27FN4O5/c1-39-27-16-21-23(17-28(27)40-2)33-18-34-30(21)41-26-12-11-19(14-22(26)32)15-25(37)29-24-10-6-7-13-35(24)36(31(29)38)20-8-4-3-5-9-20/h3-5,8-9,11-12,14,16-18H,6-7,10,13,15H2,1-2H3. The van der Waals surface area contributed by atoms with E-state index in [0.29, 0.717) is 46.6 Å². The molecule has 1 aliphatic heterocycles. The molecule has 0 saturated heterocycles. The number of aromatic nitrogens is 4. The number of Topliss-reactive ketones (excluding diaryl/α,β-unsaturated/α-hetero) is 1. The number of ketones is 1. The summed E-state index contributed by atoms with van der Waals surface area (Å²) in [7, 11) is 3.03. The summed E-state index contributed by atoms with van der Waals surface area (Å²) in [5.41, 5.74) is 2.23. The fraction of sp³-hybridized carbons (Fsp3) is 0.226. The lowest BCUT2D eigenvalue weighted by Crippen LogP contribution is -2.24. The van der Waals surface area contributed by atoms with E-state index in [1.807, 2.05) is 35.0 Å². The minimum Gasteiger partial charge on any atom is -0.493 e. The van der Waals surface area contributed by atoms with Crippen LogP contribution in [0.15, 0.2) is 71.8 Å². The highest BCUT2D eigenvalue weighted by molar-refractivity contribution is 5.98. The first-order valence-electron chi connectivity index (χ1n) is 13.2. The zero-order valence-corrected chi connectivity index (χ0v) is 22.6. The van der Waals surface area contributed by atoms with Crippen LogP contribution in [0.25, 0.3) is 16.6 Å². The summed E-state index contributed by atoms with van der Waals surface area (Å²) in [6, 6.07) is 16.9. The highest BCUT2D eigenvalue weighted by Crippen LogP contribution is 2.36. The molecule has 208 valence electrons. The number of benzene rings is 3. The van der Waals surface area contributed by atoms with Gasteiger partial charge in [-0.2, -0.15) is 0 Å². The van der Waals surface area contributed by atoms with E-state index in [2.05, 4.69) is 9.97 Å². The second kappa shape index (κ2) is 10.9. The van der Waals surface area contributed by atoms with Crippen molar-refractivity contribution in [1.82, 2.24) is 19.3 Å². The van der Waals surface area contributed by atoms with Crippen LogP contribution in [0.5, 0.6) is 23.1 Å². The lowest BCUT2D eigenvalue weighted by molar-refractivity contribution is 0.0990. The Labute approximate surface area is 234 Å². The van der Waals surface area contributed by atoms with Crippen LogP contribution < -0.4 is 19.8 Å². The van der Waals surface area contributed by atoms with Gasteiger partial charge in [-0.05, 0) is 55.2 Å². The molecule has 0 saturated carbocycles. The number of carbonyl (C=O) groups excluding carboxylic acids is 1. The van der Waals surface area contributed by atoms with Gasteiger partial charge in [-0.3, -0.25) is 14.3 Å². The van der Waals surface area contributed by atoms with Gasteiger partial charge in [-0.1, -0.05) is 24.3 Å². The smallest absolute Gasteiger partial charge is 0.282 e. The maximum Gasteiger partial charge on any atom is 0.282 e. The Balaban J connectivity index is 1.28. The quantitative estimate of drug-likeness (QED) is 0.240. The molecule has 0 bridgehead atoms. The van der Waals surface area contributed by atoms with E-state index in [1.165, 1.54) is 32.7 Å². The molecule has 10 heteroatoms. The van der Waals surface area contributed by atoms with Crippen LogP contribution in [0.2, 0.25) is 0 Å². The summed E-state index contributed by atoms with van der Waals surface area (Å²) in [5.74, 6) is 0.0108. The Morgan fingerprint density at radius 1 is 0.951 bits per heavy atom. The van der Waals surface area contributed by atoms with Crippen LogP contribution in [-0.4, -0.2) is 39.3 Å². The highest BCUT2D eigenvalue weighted by Gasteiger charge is 2.27. The predicted octanol–water partition coefficient (Wildman–Crippen LogP) is 5.29. The van der Waals surface area contributed by atoms with Crippen LogP contribution in [-0.2, 0) is 19.4 Å². The Morgan fingerprint density at radius 2 is 1.73 bits per heavy atom. The summed E-state index contributed by atoms with van der Waals surface area (Å²) in [4.78, 5) is 35.4. The SMILES string of the molecule is COc1cc2ncnc(Oc3ccc(CC(=O)c4c5n(n(-c6ccccc6)c4=O)CCCC5)cc3F)c2cc1OC. The van der Waals surface area contributed by atoms with Gasteiger partial charge in [0.25, 0.3) is 5.56 Å². The van der Waals surface area contributed by atoms with Crippen molar-refractivity contribution in [1.29, 1.82) is 0 Å². The molecule has 6 rings (SSSR count). The monoisotopic (exact) mass is 554 g/mol. The van der Waals surface area contributed by atoms with E-state index in [-0.39, 0.29) is 35.0 Å². The molecule has 3 heterocycles. The maximum absolute atomic E-state index is 15.2. The number of carbonyl (C=O) groups is 1. The number of para-hydroxylation sites is 1. The molecule has 5 aromatic rings. The zero-order valence-electron chi connectivity index (χ0n) is 22.6. The first-order chi connectivity index (χ1) is 20.0. The fourth-order valence-electron chi connectivity index (χ4n) is 5.29. The van der Waals surface area contributed by atoms with Crippen molar-refractivity contribution in [2.75, 3.05) is 14.2 Å². The molecule has 0 radical (unpaired) electrons. The third kappa shape index (κ3) is 4.82. The summed E-state index contributed by atoms with van der Waals surface area (Å²) in [6.45, 7) is 0.657. The van der Waals surface area contributed by atoms with E-state index < -0.39 is 5.82 Å². The van der Waals surface area contributed by atoms with Crippen molar-refractivity contribution in [3.63, 3.8) is 0 Å². The Hall–Kier alpha value is -4.99. The van der Waals surface area contributed by atoms with E-state index in [9.17, 15) is 9.59 Å². The molecule has 0 N–H and O–H groups in total. The van der Waals surface area contributed by atoms with Gasteiger partial charge in [0.15, 0.2) is 28.8 Å². The van der Waals surface area contributed by atoms with Crippen molar-refractivity contribution in [3.05, 3.63) is 100.0 Å². The molecule has 9 nitrogen and oxygen atoms in total. The second-order valence-corrected chi connectivity index (χ2v) is 9.72. The van der Waals surface area contributed by atoms with E-state index in [1.54, 1.807) is 22.9 Å². The van der Waals surface area contributed by atoms with Crippen molar-refractivity contribution >= 4 is 16.7 Å². The molecule has 2 aromatic heterocycles. The number of ether oxygens (including phenoxy) is 3. The average molecular weight is 555 g/mol. The lowest BCUT2D eigenvalue weighted by atomic mass is 9.99. The first kappa shape index (κ1) is 26.2. The van der Waals surface area contributed by atoms with Gasteiger partial charge in [0.05, 0.1) is 36.5 Å². The first-order valence-corrected chi connectivity index (χ1v) is 13.2. The minimum atomic E-state index is -0.664. The molecular weight excluding hydrogens is 527 g/mol. The summed E-state index contributed by atoms with van der Waals surface area (Å²) < 4.78 is 35.2. The largest absolute Gasteiger partial charge is 0.493 e. The van der Waals surface area contributed by atoms with Crippen LogP contribution in [0.4, 0.5) is 4.39 Å². The molecular formula is C31H27FN4O5. The molecule has 0 spiro atoms. The van der Waals surface area contributed by atoms with Crippen molar-refractivity contribution in [2.45, 2.75) is 32.2 Å². The normalized spacial score (nSPS) is 12.7. The molecule has 0 aliphatic carbocycles. The number of hydrogen-bond donors (Lipinski definition) is 0. The second-order valence-electron chi connectivity index (χ2n) is 9.72. The topological polar surface area (TPSA) is 97.5 Å². The molecule has 0 atom stereocenters. The predicted molar refractivity (Wildman–Crippen MR) is 150 cm³/mol. The van der Waals surface area contributed by atoms with E-state index in [0.717, 1.165) is 18.5 Å². The zero-order chi connectivity index (χ0) is 28.5. The fourth-order valence-corrected chi connectivity index (χ4v) is 5.29. The molecule has 1 aliphatic rings. The number of methoxy groups -OCH3 is 2. The van der Waals surface area contributed by atoms with Gasteiger partial charge < -0.3 is 14.2 Å². The van der Waals surface area contributed by atoms with Crippen LogP contribution >= 0.6 is 0 Å². The molecule has 41 heavy (non-hydrogen) atoms.